The maximum Gasteiger partial charge on any atom is 0.379 e. The third-order valence-corrected chi connectivity index (χ3v) is 2.31. The SMILES string of the molecule is COC(=O)c1noc(C2(C)CC2)n1. The van der Waals surface area contributed by atoms with Crippen LogP contribution in [0.3, 0.4) is 0 Å². The number of nitrogens with zero attached hydrogens (tertiary/aromatic N) is 2. The standard InChI is InChI=1S/C8H10N2O3/c1-8(3-4-8)7-9-5(10-13-7)6(11)12-2/h3-4H2,1-2H3. The zero-order chi connectivity index (χ0) is 9.47. The number of rotatable bonds is 2. The molecule has 5 heteroatoms. The van der Waals surface area contributed by atoms with Crippen LogP contribution in [0.5, 0.6) is 0 Å². The second kappa shape index (κ2) is 2.55. The van der Waals surface area contributed by atoms with E-state index in [0.717, 1.165) is 12.8 Å². The van der Waals surface area contributed by atoms with Gasteiger partial charge in [0.1, 0.15) is 0 Å². The first kappa shape index (κ1) is 8.22. The van der Waals surface area contributed by atoms with E-state index in [2.05, 4.69) is 14.9 Å². The minimum absolute atomic E-state index is 0.000723. The van der Waals surface area contributed by atoms with Gasteiger partial charge >= 0.3 is 5.97 Å². The number of aromatic nitrogens is 2. The van der Waals surface area contributed by atoms with Gasteiger partial charge < -0.3 is 9.26 Å². The summed E-state index contributed by atoms with van der Waals surface area (Å²) in [6, 6.07) is 0. The van der Waals surface area contributed by atoms with Gasteiger partial charge in [0.25, 0.3) is 5.82 Å². The van der Waals surface area contributed by atoms with Gasteiger partial charge in [0.15, 0.2) is 0 Å². The van der Waals surface area contributed by atoms with Crippen molar-refractivity contribution in [3.8, 4) is 0 Å². The van der Waals surface area contributed by atoms with Crippen LogP contribution < -0.4 is 0 Å². The highest BCUT2D eigenvalue weighted by Crippen LogP contribution is 2.46. The molecule has 1 aromatic heterocycles. The fourth-order valence-electron chi connectivity index (χ4n) is 1.04. The normalized spacial score (nSPS) is 18.3. The quantitative estimate of drug-likeness (QED) is 0.636. The molecule has 1 aromatic rings. The molecular formula is C8H10N2O3. The highest BCUT2D eigenvalue weighted by Gasteiger charge is 2.44. The smallest absolute Gasteiger partial charge is 0.379 e. The van der Waals surface area contributed by atoms with Gasteiger partial charge in [-0.1, -0.05) is 6.92 Å². The van der Waals surface area contributed by atoms with Gasteiger partial charge in [0.2, 0.25) is 5.89 Å². The molecule has 0 spiro atoms. The Hall–Kier alpha value is -1.39. The maximum atomic E-state index is 11.0. The lowest BCUT2D eigenvalue weighted by Crippen LogP contribution is -2.05. The topological polar surface area (TPSA) is 65.2 Å². The van der Waals surface area contributed by atoms with Crippen molar-refractivity contribution in [1.82, 2.24) is 10.1 Å². The van der Waals surface area contributed by atoms with Crippen molar-refractivity contribution in [2.24, 2.45) is 0 Å². The zero-order valence-electron chi connectivity index (χ0n) is 7.53. The predicted molar refractivity (Wildman–Crippen MR) is 42.2 cm³/mol. The number of hydrogen-bond acceptors (Lipinski definition) is 5. The van der Waals surface area contributed by atoms with Gasteiger partial charge in [0, 0.05) is 5.41 Å². The van der Waals surface area contributed by atoms with Crippen LogP contribution in [0.2, 0.25) is 0 Å². The summed E-state index contributed by atoms with van der Waals surface area (Å²) in [5, 5.41) is 3.53. The number of methoxy groups -OCH3 is 1. The highest BCUT2D eigenvalue weighted by molar-refractivity contribution is 5.84. The van der Waals surface area contributed by atoms with E-state index in [0.29, 0.717) is 5.89 Å². The first-order chi connectivity index (χ1) is 6.15. The van der Waals surface area contributed by atoms with Gasteiger partial charge in [-0.2, -0.15) is 4.98 Å². The van der Waals surface area contributed by atoms with Gasteiger partial charge in [-0.25, -0.2) is 4.79 Å². The molecule has 0 aromatic carbocycles. The Morgan fingerprint density at radius 2 is 2.31 bits per heavy atom. The minimum Gasteiger partial charge on any atom is -0.463 e. The Bertz CT molecular complexity index is 341. The van der Waals surface area contributed by atoms with E-state index in [-0.39, 0.29) is 11.2 Å². The molecule has 0 radical (unpaired) electrons. The molecule has 0 aliphatic heterocycles. The Kier molecular flexibility index (Phi) is 1.61. The van der Waals surface area contributed by atoms with E-state index in [4.69, 9.17) is 4.52 Å². The summed E-state index contributed by atoms with van der Waals surface area (Å²) in [6.45, 7) is 2.03. The molecule has 5 nitrogen and oxygen atoms in total. The number of carbonyl (C=O) groups excluding carboxylic acids is 1. The minimum atomic E-state index is -0.556. The van der Waals surface area contributed by atoms with Crippen LogP contribution in [-0.4, -0.2) is 23.2 Å². The molecule has 0 atom stereocenters. The van der Waals surface area contributed by atoms with Gasteiger partial charge in [-0.05, 0) is 18.0 Å². The van der Waals surface area contributed by atoms with Crippen molar-refractivity contribution in [3.63, 3.8) is 0 Å². The zero-order valence-corrected chi connectivity index (χ0v) is 7.53. The molecule has 0 amide bonds. The third kappa shape index (κ3) is 1.30. The number of esters is 1. The number of carbonyl (C=O) groups is 1. The van der Waals surface area contributed by atoms with Crippen molar-refractivity contribution in [1.29, 1.82) is 0 Å². The molecule has 2 rings (SSSR count). The molecule has 70 valence electrons. The lowest BCUT2D eigenvalue weighted by molar-refractivity contribution is 0.0583. The summed E-state index contributed by atoms with van der Waals surface area (Å²) in [4.78, 5) is 14.9. The van der Waals surface area contributed by atoms with E-state index in [1.807, 2.05) is 6.92 Å². The average Bonchev–Trinajstić information content (AvgIpc) is 2.72. The van der Waals surface area contributed by atoms with Crippen molar-refractivity contribution < 1.29 is 14.1 Å². The Balaban J connectivity index is 2.23. The molecular weight excluding hydrogens is 172 g/mol. The molecule has 1 heterocycles. The van der Waals surface area contributed by atoms with Crippen LogP contribution in [0.4, 0.5) is 0 Å². The van der Waals surface area contributed by atoms with Crippen molar-refractivity contribution in [2.45, 2.75) is 25.2 Å². The third-order valence-electron chi connectivity index (χ3n) is 2.31. The van der Waals surface area contributed by atoms with E-state index in [1.54, 1.807) is 0 Å². The van der Waals surface area contributed by atoms with Crippen LogP contribution in [0, 0.1) is 0 Å². The summed E-state index contributed by atoms with van der Waals surface area (Å²) >= 11 is 0. The summed E-state index contributed by atoms with van der Waals surface area (Å²) < 4.78 is 9.41. The van der Waals surface area contributed by atoms with E-state index in [1.165, 1.54) is 7.11 Å². The van der Waals surface area contributed by atoms with Crippen molar-refractivity contribution in [3.05, 3.63) is 11.7 Å². The van der Waals surface area contributed by atoms with Crippen molar-refractivity contribution in [2.75, 3.05) is 7.11 Å². The molecule has 1 fully saturated rings. The van der Waals surface area contributed by atoms with Crippen LogP contribution in [0.25, 0.3) is 0 Å². The maximum absolute atomic E-state index is 11.0. The summed E-state index contributed by atoms with van der Waals surface area (Å²) in [7, 11) is 1.29. The molecule has 13 heavy (non-hydrogen) atoms. The fraction of sp³-hybridized carbons (Fsp3) is 0.625. The second-order valence-corrected chi connectivity index (χ2v) is 3.48. The lowest BCUT2D eigenvalue weighted by Gasteiger charge is -1.96. The van der Waals surface area contributed by atoms with E-state index < -0.39 is 5.97 Å². The van der Waals surface area contributed by atoms with Gasteiger partial charge in [-0.3, -0.25) is 0 Å². The Morgan fingerprint density at radius 1 is 1.62 bits per heavy atom. The molecule has 0 bridgehead atoms. The fourth-order valence-corrected chi connectivity index (χ4v) is 1.04. The first-order valence-corrected chi connectivity index (χ1v) is 4.08. The van der Waals surface area contributed by atoms with E-state index in [9.17, 15) is 4.79 Å². The van der Waals surface area contributed by atoms with Crippen LogP contribution in [0.15, 0.2) is 4.52 Å². The van der Waals surface area contributed by atoms with Gasteiger partial charge in [0.05, 0.1) is 7.11 Å². The molecule has 0 unspecified atom stereocenters. The van der Waals surface area contributed by atoms with Gasteiger partial charge in [-0.15, -0.1) is 0 Å². The number of ether oxygens (including phenoxy) is 1. The molecule has 0 saturated heterocycles. The van der Waals surface area contributed by atoms with Crippen molar-refractivity contribution >= 4 is 5.97 Å². The summed E-state index contributed by atoms with van der Waals surface area (Å²) in [6.07, 6.45) is 2.08. The molecule has 1 aliphatic rings. The molecule has 1 aliphatic carbocycles. The summed E-state index contributed by atoms with van der Waals surface area (Å²) in [5.74, 6) is -0.0159. The monoisotopic (exact) mass is 182 g/mol. The van der Waals surface area contributed by atoms with E-state index >= 15 is 0 Å². The highest BCUT2D eigenvalue weighted by atomic mass is 16.5. The summed E-state index contributed by atoms with van der Waals surface area (Å²) in [5.41, 5.74) is -0.000723. The molecule has 1 saturated carbocycles. The number of hydrogen-bond donors (Lipinski definition) is 0. The Morgan fingerprint density at radius 3 is 2.85 bits per heavy atom. The van der Waals surface area contributed by atoms with Crippen LogP contribution >= 0.6 is 0 Å². The molecule has 0 N–H and O–H groups in total. The lowest BCUT2D eigenvalue weighted by atomic mass is 10.1. The Labute approximate surface area is 75.1 Å². The predicted octanol–water partition coefficient (Wildman–Crippen LogP) is 0.908. The largest absolute Gasteiger partial charge is 0.463 e. The van der Waals surface area contributed by atoms with Crippen LogP contribution in [-0.2, 0) is 10.2 Å². The second-order valence-electron chi connectivity index (χ2n) is 3.48. The van der Waals surface area contributed by atoms with Crippen LogP contribution in [0.1, 0.15) is 36.3 Å². The first-order valence-electron chi connectivity index (χ1n) is 4.08. The average molecular weight is 182 g/mol.